The van der Waals surface area contributed by atoms with Crippen LogP contribution in [0.15, 0.2) is 59.1 Å². The van der Waals surface area contributed by atoms with Crippen LogP contribution >= 0.6 is 23.1 Å². The Morgan fingerprint density at radius 1 is 0.844 bits per heavy atom. The molecule has 0 aromatic heterocycles. The predicted octanol–water partition coefficient (Wildman–Crippen LogP) is 6.06. The topological polar surface area (TPSA) is 69.7 Å². The van der Waals surface area contributed by atoms with Crippen molar-refractivity contribution in [1.82, 2.24) is 0 Å². The van der Waals surface area contributed by atoms with Gasteiger partial charge in [0.05, 0.1) is 18.7 Å². The van der Waals surface area contributed by atoms with E-state index < -0.39 is 18.2 Å². The van der Waals surface area contributed by atoms with E-state index in [-0.39, 0.29) is 27.9 Å². The first-order valence-electron chi connectivity index (χ1n) is 9.90. The molecule has 3 aromatic carbocycles. The van der Waals surface area contributed by atoms with Gasteiger partial charge in [-0.15, -0.1) is 0 Å². The Bertz CT molecular complexity index is 1230. The van der Waals surface area contributed by atoms with Crippen LogP contribution in [0.2, 0.25) is 0 Å². The summed E-state index contributed by atoms with van der Waals surface area (Å²) in [6, 6.07) is 15.1. The molecule has 0 aliphatic rings. The molecule has 1 unspecified atom stereocenters. The fourth-order valence-electron chi connectivity index (χ4n) is 3.92. The van der Waals surface area contributed by atoms with Crippen molar-refractivity contribution in [3.63, 3.8) is 0 Å². The number of ether oxygens (including phenoxy) is 2. The lowest BCUT2D eigenvalue weighted by Gasteiger charge is -2.23. The number of halogens is 1. The lowest BCUT2D eigenvalue weighted by molar-refractivity contribution is 0.104. The van der Waals surface area contributed by atoms with Gasteiger partial charge in [0, 0.05) is 11.1 Å². The van der Waals surface area contributed by atoms with Gasteiger partial charge in [0.1, 0.15) is 16.8 Å². The van der Waals surface area contributed by atoms with E-state index in [9.17, 15) is 14.2 Å². The molecular formula is C25H24BrO5P. The van der Waals surface area contributed by atoms with Crippen LogP contribution in [0, 0.1) is 20.8 Å². The van der Waals surface area contributed by atoms with Gasteiger partial charge in [-0.05, 0) is 60.0 Å². The molecule has 0 aliphatic carbocycles. The van der Waals surface area contributed by atoms with E-state index in [0.29, 0.717) is 15.6 Å². The Kier molecular flexibility index (Phi) is 7.06. The van der Waals surface area contributed by atoms with Crippen LogP contribution in [0.3, 0.4) is 0 Å². The Labute approximate surface area is 196 Å². The Hall–Kier alpha value is -2.69. The maximum Gasteiger partial charge on any atom is 0.256 e. The van der Waals surface area contributed by atoms with E-state index in [2.05, 4.69) is 15.9 Å². The number of methoxy groups -OCH3 is 2. The fourth-order valence-corrected chi connectivity index (χ4v) is 7.31. The standard InChI is InChI=1S/C25H24BrO5P/c1-15-13-16(2)21(17(3)14-15)25(28)32(29,24(27)18-9-7-6-8-10-18)23-20(30-4)12-11-19(26)22(23)31-5/h6-14H,1-5H3. The minimum Gasteiger partial charge on any atom is -0.496 e. The average Bonchev–Trinajstić information content (AvgIpc) is 2.77. The van der Waals surface area contributed by atoms with Gasteiger partial charge in [0.25, 0.3) is 7.14 Å². The summed E-state index contributed by atoms with van der Waals surface area (Å²) in [5.74, 6) is 0.279. The van der Waals surface area contributed by atoms with E-state index in [1.165, 1.54) is 14.2 Å². The van der Waals surface area contributed by atoms with E-state index in [4.69, 9.17) is 9.47 Å². The summed E-state index contributed by atoms with van der Waals surface area (Å²) >= 11 is 3.39. The highest BCUT2D eigenvalue weighted by Crippen LogP contribution is 2.56. The van der Waals surface area contributed by atoms with Gasteiger partial charge in [-0.3, -0.25) is 9.59 Å². The SMILES string of the molecule is COc1ccc(Br)c(OC)c1P(=O)(C(=O)c1ccccc1)C(=O)c1c(C)cc(C)cc1C. The molecule has 0 N–H and O–H groups in total. The van der Waals surface area contributed by atoms with Gasteiger partial charge < -0.3 is 14.0 Å². The smallest absolute Gasteiger partial charge is 0.256 e. The Balaban J connectivity index is 2.43. The first kappa shape index (κ1) is 24.0. The number of carbonyl (C=O) groups is 2. The number of hydrogen-bond acceptors (Lipinski definition) is 5. The van der Waals surface area contributed by atoms with Crippen LogP contribution in [-0.4, -0.2) is 25.3 Å². The molecule has 0 radical (unpaired) electrons. The van der Waals surface area contributed by atoms with Crippen LogP contribution in [0.25, 0.3) is 0 Å². The molecule has 5 nitrogen and oxygen atoms in total. The molecule has 0 saturated carbocycles. The van der Waals surface area contributed by atoms with Crippen LogP contribution in [0.1, 0.15) is 37.4 Å². The minimum absolute atomic E-state index is 0.0462. The molecule has 0 aliphatic heterocycles. The fraction of sp³-hybridized carbons (Fsp3) is 0.200. The first-order chi connectivity index (χ1) is 15.2. The zero-order valence-corrected chi connectivity index (χ0v) is 21.0. The van der Waals surface area contributed by atoms with Gasteiger partial charge in [-0.25, -0.2) is 0 Å². The zero-order valence-electron chi connectivity index (χ0n) is 18.6. The molecule has 0 spiro atoms. The maximum atomic E-state index is 14.8. The van der Waals surface area contributed by atoms with E-state index in [1.807, 2.05) is 19.1 Å². The normalized spacial score (nSPS) is 12.7. The Morgan fingerprint density at radius 2 is 1.44 bits per heavy atom. The third-order valence-corrected chi connectivity index (χ3v) is 8.57. The average molecular weight is 515 g/mol. The molecule has 32 heavy (non-hydrogen) atoms. The second-order valence-corrected chi connectivity index (χ2v) is 10.8. The summed E-state index contributed by atoms with van der Waals surface area (Å²) in [4.78, 5) is 27.9. The predicted molar refractivity (Wildman–Crippen MR) is 130 cm³/mol. The molecule has 0 amide bonds. The van der Waals surface area contributed by atoms with Crippen LogP contribution in [0.4, 0.5) is 0 Å². The van der Waals surface area contributed by atoms with Crippen molar-refractivity contribution in [2.75, 3.05) is 14.2 Å². The maximum absolute atomic E-state index is 14.8. The summed E-state index contributed by atoms with van der Waals surface area (Å²) < 4.78 is 26.3. The van der Waals surface area contributed by atoms with Crippen molar-refractivity contribution in [2.24, 2.45) is 0 Å². The third kappa shape index (κ3) is 4.05. The number of rotatable bonds is 7. The number of carbonyl (C=O) groups excluding carboxylic acids is 2. The third-order valence-electron chi connectivity index (χ3n) is 5.27. The second-order valence-electron chi connectivity index (χ2n) is 7.49. The molecule has 3 rings (SSSR count). The van der Waals surface area contributed by atoms with Gasteiger partial charge >= 0.3 is 0 Å². The summed E-state index contributed by atoms with van der Waals surface area (Å²) in [6.45, 7) is 5.48. The molecule has 0 saturated heterocycles. The van der Waals surface area contributed by atoms with Gasteiger partial charge in [-0.1, -0.05) is 48.0 Å². The highest BCUT2D eigenvalue weighted by Gasteiger charge is 2.48. The van der Waals surface area contributed by atoms with Crippen molar-refractivity contribution >= 4 is 39.4 Å². The van der Waals surface area contributed by atoms with E-state index in [1.54, 1.807) is 56.3 Å². The largest absolute Gasteiger partial charge is 0.496 e. The quantitative estimate of drug-likeness (QED) is 0.358. The lowest BCUT2D eigenvalue weighted by Crippen LogP contribution is -2.25. The highest BCUT2D eigenvalue weighted by atomic mass is 79.9. The van der Waals surface area contributed by atoms with Gasteiger partial charge in [-0.2, -0.15) is 0 Å². The van der Waals surface area contributed by atoms with Crippen LogP contribution in [-0.2, 0) is 4.57 Å². The lowest BCUT2D eigenvalue weighted by atomic mass is 10.0. The van der Waals surface area contributed by atoms with Crippen molar-refractivity contribution < 1.29 is 23.6 Å². The molecule has 3 aromatic rings. The van der Waals surface area contributed by atoms with Crippen LogP contribution < -0.4 is 14.8 Å². The Morgan fingerprint density at radius 3 is 1.97 bits per heavy atom. The second kappa shape index (κ2) is 9.43. The summed E-state index contributed by atoms with van der Waals surface area (Å²) in [7, 11) is -1.66. The first-order valence-corrected chi connectivity index (χ1v) is 12.4. The van der Waals surface area contributed by atoms with Crippen molar-refractivity contribution in [3.05, 3.63) is 86.9 Å². The summed E-state index contributed by atoms with van der Waals surface area (Å²) in [5, 5.41) is -0.0462. The van der Waals surface area contributed by atoms with Crippen LogP contribution in [0.5, 0.6) is 11.5 Å². The molecule has 1 atom stereocenters. The summed E-state index contributed by atoms with van der Waals surface area (Å²) in [5.41, 5.74) is 1.22. The van der Waals surface area contributed by atoms with Crippen molar-refractivity contribution in [1.29, 1.82) is 0 Å². The number of benzene rings is 3. The molecular weight excluding hydrogens is 491 g/mol. The number of aryl methyl sites for hydroxylation is 3. The van der Waals surface area contributed by atoms with Crippen molar-refractivity contribution in [2.45, 2.75) is 20.8 Å². The van der Waals surface area contributed by atoms with Crippen molar-refractivity contribution in [3.8, 4) is 11.5 Å². The molecule has 0 heterocycles. The number of hydrogen-bond donors (Lipinski definition) is 0. The van der Waals surface area contributed by atoms with Gasteiger partial charge in [0.15, 0.2) is 0 Å². The molecule has 7 heteroatoms. The van der Waals surface area contributed by atoms with Gasteiger partial charge in [0.2, 0.25) is 11.0 Å². The molecule has 0 bridgehead atoms. The van der Waals surface area contributed by atoms with E-state index >= 15 is 0 Å². The minimum atomic E-state index is -4.46. The molecule has 0 fully saturated rings. The zero-order chi connectivity index (χ0) is 23.6. The van der Waals surface area contributed by atoms with E-state index in [0.717, 1.165) is 5.56 Å². The highest BCUT2D eigenvalue weighted by molar-refractivity contribution is 9.10. The summed E-state index contributed by atoms with van der Waals surface area (Å²) in [6.07, 6.45) is 0. The molecule has 166 valence electrons. The monoisotopic (exact) mass is 514 g/mol.